The van der Waals surface area contributed by atoms with Gasteiger partial charge < -0.3 is 10.0 Å². The van der Waals surface area contributed by atoms with Crippen molar-refractivity contribution in [2.24, 2.45) is 4.99 Å². The topological polar surface area (TPSA) is 35.8 Å². The van der Waals surface area contributed by atoms with Gasteiger partial charge in [0.2, 0.25) is 0 Å². The summed E-state index contributed by atoms with van der Waals surface area (Å²) in [6, 6.07) is 6.21. The molecule has 2 atom stereocenters. The Kier molecular flexibility index (Phi) is 5.83. The molecular weight excluding hydrogens is 439 g/mol. The van der Waals surface area contributed by atoms with Crippen molar-refractivity contribution in [3.63, 3.8) is 0 Å². The second-order valence-corrected chi connectivity index (χ2v) is 5.00. The Morgan fingerprint density at radius 3 is 2.67 bits per heavy atom. The Morgan fingerprint density at radius 1 is 1.39 bits per heavy atom. The first-order valence-electron chi connectivity index (χ1n) is 6.02. The van der Waals surface area contributed by atoms with E-state index in [0.717, 1.165) is 17.9 Å². The van der Waals surface area contributed by atoms with Crippen LogP contribution in [0.3, 0.4) is 0 Å². The average Bonchev–Trinajstić information content (AvgIpc) is 2.55. The van der Waals surface area contributed by atoms with Crippen LogP contribution in [-0.4, -0.2) is 36.0 Å². The van der Waals surface area contributed by atoms with E-state index in [1.807, 2.05) is 32.0 Å². The van der Waals surface area contributed by atoms with E-state index in [4.69, 9.17) is 0 Å². The number of nitrogens with zero attached hydrogens (tertiary/aromatic N) is 2. The van der Waals surface area contributed by atoms with Crippen molar-refractivity contribution in [2.75, 3.05) is 14.1 Å². The maximum absolute atomic E-state index is 9.84. The second kappa shape index (κ2) is 6.50. The smallest absolute Gasteiger partial charge is 0.101 e. The molecule has 18 heavy (non-hydrogen) atoms. The minimum atomic E-state index is -0.237. The average molecular weight is 459 g/mol. The van der Waals surface area contributed by atoms with Crippen molar-refractivity contribution < 1.29 is 49.2 Å². The van der Waals surface area contributed by atoms with Gasteiger partial charge >= 0.3 is 0 Å². The quantitative estimate of drug-likeness (QED) is 0.517. The Hall–Kier alpha value is 0.0916. The fourth-order valence-electron chi connectivity index (χ4n) is 2.16. The van der Waals surface area contributed by atoms with E-state index in [0.29, 0.717) is 0 Å². The molecule has 95 valence electrons. The molecule has 3 nitrogen and oxygen atoms in total. The summed E-state index contributed by atoms with van der Waals surface area (Å²) in [6.07, 6.45) is 0.534. The molecule has 0 saturated carbocycles. The molecule has 0 aliphatic heterocycles. The van der Waals surface area contributed by atoms with Crippen LogP contribution in [0, 0.1) is 44.1 Å². The summed E-state index contributed by atoms with van der Waals surface area (Å²) in [5.41, 5.74) is 3.47. The molecule has 0 fully saturated rings. The fourth-order valence-corrected chi connectivity index (χ4v) is 2.16. The second-order valence-electron chi connectivity index (χ2n) is 5.00. The van der Waals surface area contributed by atoms with Gasteiger partial charge in [-0.2, -0.15) is 0 Å². The number of rotatable bonds is 1. The Labute approximate surface area is 145 Å². The number of aliphatic imine (C=N–C) groups is 1. The first kappa shape index (κ1) is 16.1. The molecule has 1 aliphatic rings. The summed E-state index contributed by atoms with van der Waals surface area (Å²) in [7, 11) is 3.97. The molecule has 0 bridgehead atoms. The van der Waals surface area contributed by atoms with Crippen LogP contribution in [-0.2, 0) is 6.42 Å². The van der Waals surface area contributed by atoms with Crippen LogP contribution in [0.15, 0.2) is 23.2 Å². The number of aliphatic hydroxyl groups is 1. The molecule has 1 aromatic rings. The van der Waals surface area contributed by atoms with E-state index in [-0.39, 0.29) is 56.1 Å². The summed E-state index contributed by atoms with van der Waals surface area (Å²) >= 11 is 0. The zero-order valence-corrected chi connectivity index (χ0v) is 16.3. The molecule has 0 aromatic heterocycles. The van der Waals surface area contributed by atoms with Gasteiger partial charge in [0.15, 0.2) is 0 Å². The van der Waals surface area contributed by atoms with Crippen LogP contribution in [0.4, 0.5) is 5.69 Å². The van der Waals surface area contributed by atoms with Gasteiger partial charge in [0.25, 0.3) is 0 Å². The first-order valence-corrected chi connectivity index (χ1v) is 6.02. The minimum Gasteiger partial charge on any atom is -0.392 e. The molecule has 2 unspecified atom stereocenters. The summed E-state index contributed by atoms with van der Waals surface area (Å²) < 4.78 is 0. The van der Waals surface area contributed by atoms with Gasteiger partial charge in [0, 0.05) is 64.1 Å². The predicted octanol–water partition coefficient (Wildman–Crippen LogP) is 2.32. The molecule has 1 N–H and O–H groups in total. The molecule has 2 rings (SSSR count). The number of fused-ring (bicyclic) bond motifs is 1. The van der Waals surface area contributed by atoms with Gasteiger partial charge in [0.1, 0.15) is 5.84 Å². The number of hydrogen-bond donors (Lipinski definition) is 1. The summed E-state index contributed by atoms with van der Waals surface area (Å²) in [5, 5.41) is 9.84. The fraction of sp³-hybridized carbons (Fsp3) is 0.500. The molecule has 1 radical (unpaired) electrons. The Balaban J connectivity index is 0.00000162. The van der Waals surface area contributed by atoms with Crippen molar-refractivity contribution in [3.05, 3.63) is 29.3 Å². The van der Waals surface area contributed by atoms with Gasteiger partial charge in [-0.3, -0.25) is 0 Å². The number of benzene rings is 1. The van der Waals surface area contributed by atoms with Crippen LogP contribution in [0.5, 0.6) is 0 Å². The van der Waals surface area contributed by atoms with Crippen molar-refractivity contribution >= 4 is 11.5 Å². The van der Waals surface area contributed by atoms with Crippen molar-refractivity contribution in [1.82, 2.24) is 4.90 Å². The Morgan fingerprint density at radius 2 is 2.06 bits per heavy atom. The molecule has 0 heterocycles. The SMILES string of the molecule is CC(=Nc1ccc2c(c1)C(C)C(O)C2)N(C)C.[Ac]. The monoisotopic (exact) mass is 459 g/mol. The molecule has 1 aromatic carbocycles. The van der Waals surface area contributed by atoms with E-state index in [2.05, 4.69) is 24.0 Å². The zero-order chi connectivity index (χ0) is 12.6. The largest absolute Gasteiger partial charge is 0.392 e. The summed E-state index contributed by atoms with van der Waals surface area (Å²) in [4.78, 5) is 6.55. The van der Waals surface area contributed by atoms with E-state index < -0.39 is 0 Å². The molecule has 0 amide bonds. The maximum atomic E-state index is 9.84. The van der Waals surface area contributed by atoms with Crippen molar-refractivity contribution in [1.29, 1.82) is 0 Å². The molecule has 1 aliphatic carbocycles. The van der Waals surface area contributed by atoms with Crippen molar-refractivity contribution in [3.8, 4) is 0 Å². The van der Waals surface area contributed by atoms with Gasteiger partial charge in [-0.1, -0.05) is 13.0 Å². The molecule has 0 spiro atoms. The van der Waals surface area contributed by atoms with Gasteiger partial charge in [-0.25, -0.2) is 4.99 Å². The first-order chi connectivity index (χ1) is 7.99. The van der Waals surface area contributed by atoms with E-state index in [1.54, 1.807) is 0 Å². The van der Waals surface area contributed by atoms with Crippen molar-refractivity contribution in [2.45, 2.75) is 32.3 Å². The van der Waals surface area contributed by atoms with Crippen LogP contribution < -0.4 is 0 Å². The van der Waals surface area contributed by atoms with Gasteiger partial charge in [-0.15, -0.1) is 0 Å². The van der Waals surface area contributed by atoms with E-state index >= 15 is 0 Å². The van der Waals surface area contributed by atoms with Gasteiger partial charge in [0.05, 0.1) is 11.8 Å². The Bertz CT molecular complexity index is 457. The normalized spacial score (nSPS) is 22.4. The predicted molar refractivity (Wildman–Crippen MR) is 71.0 cm³/mol. The standard InChI is InChI=1S/C14H20N2O.Ac/c1-9-13-8-12(15-10(2)16(3)4)6-5-11(13)7-14(9)17;/h5-6,8-9,14,17H,7H2,1-4H3;. The van der Waals surface area contributed by atoms with E-state index in [1.165, 1.54) is 11.1 Å². The van der Waals surface area contributed by atoms with E-state index in [9.17, 15) is 5.11 Å². The van der Waals surface area contributed by atoms with Crippen LogP contribution in [0.25, 0.3) is 0 Å². The maximum Gasteiger partial charge on any atom is 0.101 e. The third kappa shape index (κ3) is 3.35. The van der Waals surface area contributed by atoms with Crippen LogP contribution in [0.1, 0.15) is 30.9 Å². The zero-order valence-electron chi connectivity index (χ0n) is 11.5. The molecule has 4 heteroatoms. The van der Waals surface area contributed by atoms with Gasteiger partial charge in [-0.05, 0) is 36.6 Å². The number of hydrogen-bond acceptors (Lipinski definition) is 2. The van der Waals surface area contributed by atoms with Crippen LogP contribution >= 0.6 is 0 Å². The van der Waals surface area contributed by atoms with Crippen LogP contribution in [0.2, 0.25) is 0 Å². The third-order valence-corrected chi connectivity index (χ3v) is 3.56. The third-order valence-electron chi connectivity index (χ3n) is 3.56. The molecular formula is C14H20AcN2O. The minimum absolute atomic E-state index is 0. The summed E-state index contributed by atoms with van der Waals surface area (Å²) in [5.74, 6) is 1.20. The number of aliphatic hydroxyl groups excluding tert-OH is 1. The summed E-state index contributed by atoms with van der Waals surface area (Å²) in [6.45, 7) is 4.06. The number of amidine groups is 1. The molecule has 0 saturated heterocycles.